The topological polar surface area (TPSA) is 44.8 Å². The molecule has 0 spiro atoms. The first kappa shape index (κ1) is 16.0. The quantitative estimate of drug-likeness (QED) is 0.850. The Morgan fingerprint density at radius 3 is 2.79 bits per heavy atom. The zero-order chi connectivity index (χ0) is 16.5. The van der Waals surface area contributed by atoms with Crippen molar-refractivity contribution in [3.63, 3.8) is 0 Å². The summed E-state index contributed by atoms with van der Waals surface area (Å²) in [5.74, 6) is 1.39. The summed E-state index contributed by atoms with van der Waals surface area (Å²) in [4.78, 5) is 20.7. The third-order valence-corrected chi connectivity index (χ3v) is 6.00. The van der Waals surface area contributed by atoms with Crippen LogP contribution in [0.4, 0.5) is 0 Å². The Balaban J connectivity index is 1.34. The van der Waals surface area contributed by atoms with Crippen molar-refractivity contribution in [2.45, 2.75) is 31.8 Å². The Morgan fingerprint density at radius 1 is 1.33 bits per heavy atom. The summed E-state index contributed by atoms with van der Waals surface area (Å²) in [5, 5.41) is 5.23. The number of fused-ring (bicyclic) bond motifs is 3. The normalized spacial score (nSPS) is 32.0. The number of benzene rings is 1. The molecule has 0 aliphatic carbocycles. The van der Waals surface area contributed by atoms with Crippen molar-refractivity contribution >= 4 is 17.9 Å². The van der Waals surface area contributed by atoms with Gasteiger partial charge < -0.3 is 10.2 Å². The van der Waals surface area contributed by atoms with Gasteiger partial charge in [-0.1, -0.05) is 10.5 Å². The number of rotatable bonds is 4. The van der Waals surface area contributed by atoms with Crippen molar-refractivity contribution < 1.29 is 9.63 Å². The standard InChI is InChI=1S/C18H23N3O2S/c1-13-11-15-7-9-20(13)12-17(15)19-18(22)14-3-5-16(6-4-14)23-21-8-2-10-24-21/h2-6,10,13,15,17H,7-9,11-12H2,1H3,(H,19,22). The average molecular weight is 345 g/mol. The summed E-state index contributed by atoms with van der Waals surface area (Å²) >= 11 is 1.52. The second-order valence-corrected chi connectivity index (χ2v) is 7.71. The van der Waals surface area contributed by atoms with Crippen LogP contribution in [0.1, 0.15) is 30.1 Å². The van der Waals surface area contributed by atoms with Gasteiger partial charge in [-0.3, -0.25) is 9.69 Å². The first-order chi connectivity index (χ1) is 11.7. The van der Waals surface area contributed by atoms with E-state index in [1.807, 2.05) is 35.7 Å². The molecule has 1 aromatic rings. The lowest BCUT2D eigenvalue weighted by Crippen LogP contribution is -2.60. The fraction of sp³-hybridized carbons (Fsp3) is 0.500. The van der Waals surface area contributed by atoms with Crippen LogP contribution in [0.3, 0.4) is 0 Å². The Morgan fingerprint density at radius 2 is 2.17 bits per heavy atom. The van der Waals surface area contributed by atoms with Crippen LogP contribution in [0.15, 0.2) is 35.7 Å². The summed E-state index contributed by atoms with van der Waals surface area (Å²) in [6.07, 6.45) is 4.43. The van der Waals surface area contributed by atoms with Gasteiger partial charge >= 0.3 is 0 Å². The fourth-order valence-corrected chi connectivity index (χ4v) is 4.45. The predicted octanol–water partition coefficient (Wildman–Crippen LogP) is 2.67. The molecule has 4 unspecified atom stereocenters. The minimum Gasteiger partial charge on any atom is -0.395 e. The lowest BCUT2D eigenvalue weighted by atomic mass is 9.80. The Kier molecular flexibility index (Phi) is 4.52. The summed E-state index contributed by atoms with van der Waals surface area (Å²) in [7, 11) is 0. The molecule has 4 aliphatic heterocycles. The molecule has 0 radical (unpaired) electrons. The minimum atomic E-state index is 0.0187. The van der Waals surface area contributed by atoms with Gasteiger partial charge in [0.15, 0.2) is 0 Å². The molecule has 4 heterocycles. The molecular weight excluding hydrogens is 322 g/mol. The first-order valence-corrected chi connectivity index (χ1v) is 9.45. The maximum Gasteiger partial charge on any atom is 0.251 e. The molecule has 1 N–H and O–H groups in total. The highest BCUT2D eigenvalue weighted by atomic mass is 32.2. The van der Waals surface area contributed by atoms with E-state index in [2.05, 4.69) is 17.1 Å². The second kappa shape index (κ2) is 6.78. The van der Waals surface area contributed by atoms with E-state index in [1.54, 1.807) is 4.47 Å². The Hall–Kier alpha value is -1.50. The molecule has 0 aromatic heterocycles. The van der Waals surface area contributed by atoms with Gasteiger partial charge in [-0.25, -0.2) is 0 Å². The molecule has 24 heavy (non-hydrogen) atoms. The number of carbonyl (C=O) groups is 1. The van der Waals surface area contributed by atoms with Crippen LogP contribution in [-0.2, 0) is 0 Å². The van der Waals surface area contributed by atoms with Crippen LogP contribution in [0.25, 0.3) is 0 Å². The average Bonchev–Trinajstić information content (AvgIpc) is 3.09. The van der Waals surface area contributed by atoms with Crippen molar-refractivity contribution in [3.8, 4) is 5.75 Å². The molecule has 1 amide bonds. The van der Waals surface area contributed by atoms with Crippen LogP contribution in [0.2, 0.25) is 0 Å². The zero-order valence-electron chi connectivity index (χ0n) is 13.9. The second-order valence-electron chi connectivity index (χ2n) is 6.82. The number of amides is 1. The highest BCUT2D eigenvalue weighted by Crippen LogP contribution is 2.32. The van der Waals surface area contributed by atoms with E-state index in [9.17, 15) is 4.79 Å². The number of piperidine rings is 3. The molecular formula is C18H23N3O2S. The van der Waals surface area contributed by atoms with E-state index < -0.39 is 0 Å². The SMILES string of the molecule is CC1CC2CCN1CC2NC(=O)c1ccc(ON2CC=CS2)cc1. The van der Waals surface area contributed by atoms with Gasteiger partial charge in [0, 0.05) is 24.2 Å². The van der Waals surface area contributed by atoms with Crippen molar-refractivity contribution in [2.24, 2.45) is 5.92 Å². The summed E-state index contributed by atoms with van der Waals surface area (Å²) in [6.45, 7) is 5.22. The highest BCUT2D eigenvalue weighted by molar-refractivity contribution is 8.00. The molecule has 5 rings (SSSR count). The molecule has 3 saturated heterocycles. The van der Waals surface area contributed by atoms with Gasteiger partial charge in [-0.15, -0.1) is 0 Å². The van der Waals surface area contributed by atoms with Crippen molar-refractivity contribution in [1.29, 1.82) is 0 Å². The van der Waals surface area contributed by atoms with Crippen LogP contribution in [0.5, 0.6) is 5.75 Å². The molecule has 4 aliphatic rings. The summed E-state index contributed by atoms with van der Waals surface area (Å²) < 4.78 is 1.80. The molecule has 1 aromatic carbocycles. The third kappa shape index (κ3) is 3.31. The van der Waals surface area contributed by atoms with E-state index in [0.29, 0.717) is 17.5 Å². The monoisotopic (exact) mass is 345 g/mol. The maximum atomic E-state index is 12.5. The third-order valence-electron chi connectivity index (χ3n) is 5.22. The van der Waals surface area contributed by atoms with Crippen LogP contribution in [-0.4, -0.2) is 47.0 Å². The molecule has 3 fully saturated rings. The van der Waals surface area contributed by atoms with Gasteiger partial charge in [0.25, 0.3) is 5.91 Å². The van der Waals surface area contributed by atoms with Gasteiger partial charge in [0.1, 0.15) is 5.75 Å². The fourth-order valence-electron chi connectivity index (χ4n) is 3.84. The maximum absolute atomic E-state index is 12.5. The van der Waals surface area contributed by atoms with Crippen molar-refractivity contribution in [2.75, 3.05) is 19.6 Å². The van der Waals surface area contributed by atoms with E-state index in [0.717, 1.165) is 18.8 Å². The largest absolute Gasteiger partial charge is 0.395 e. The first-order valence-electron chi connectivity index (χ1n) is 8.61. The molecule has 4 atom stereocenters. The lowest BCUT2D eigenvalue weighted by Gasteiger charge is -2.48. The Labute approximate surface area is 147 Å². The van der Waals surface area contributed by atoms with E-state index >= 15 is 0 Å². The summed E-state index contributed by atoms with van der Waals surface area (Å²) in [5.41, 5.74) is 0.694. The van der Waals surface area contributed by atoms with Gasteiger partial charge in [-0.05, 0) is 73.8 Å². The molecule has 0 saturated carbocycles. The lowest BCUT2D eigenvalue weighted by molar-refractivity contribution is 0.0274. The van der Waals surface area contributed by atoms with Crippen molar-refractivity contribution in [3.05, 3.63) is 41.3 Å². The number of nitrogens with zero attached hydrogens (tertiary/aromatic N) is 2. The van der Waals surface area contributed by atoms with Gasteiger partial charge in [-0.2, -0.15) is 0 Å². The van der Waals surface area contributed by atoms with E-state index in [1.165, 1.54) is 31.3 Å². The number of carbonyl (C=O) groups excluding carboxylic acids is 1. The minimum absolute atomic E-state index is 0.0187. The number of nitrogens with one attached hydrogen (secondary N) is 1. The molecule has 5 nitrogen and oxygen atoms in total. The van der Waals surface area contributed by atoms with E-state index in [-0.39, 0.29) is 11.9 Å². The molecule has 6 heteroatoms. The number of hydrogen-bond acceptors (Lipinski definition) is 5. The number of hydrogen-bond donors (Lipinski definition) is 1. The van der Waals surface area contributed by atoms with Crippen molar-refractivity contribution in [1.82, 2.24) is 14.7 Å². The Bertz CT molecular complexity index is 626. The van der Waals surface area contributed by atoms with Gasteiger partial charge in [0.05, 0.1) is 6.54 Å². The smallest absolute Gasteiger partial charge is 0.251 e. The molecule has 2 bridgehead atoms. The van der Waals surface area contributed by atoms with Crippen LogP contribution in [0, 0.1) is 5.92 Å². The van der Waals surface area contributed by atoms with Crippen LogP contribution >= 0.6 is 11.9 Å². The summed E-state index contributed by atoms with van der Waals surface area (Å²) in [6, 6.07) is 8.32. The number of hydroxylamine groups is 1. The van der Waals surface area contributed by atoms with Crippen LogP contribution < -0.4 is 10.2 Å². The predicted molar refractivity (Wildman–Crippen MR) is 95.5 cm³/mol. The van der Waals surface area contributed by atoms with Gasteiger partial charge in [0.2, 0.25) is 0 Å². The van der Waals surface area contributed by atoms with E-state index in [4.69, 9.17) is 4.84 Å². The highest BCUT2D eigenvalue weighted by Gasteiger charge is 2.38. The zero-order valence-corrected chi connectivity index (χ0v) is 14.7. The molecule has 128 valence electrons.